The Hall–Kier alpha value is -0.920. The third-order valence-corrected chi connectivity index (χ3v) is 4.12. The van der Waals surface area contributed by atoms with Crippen LogP contribution in [-0.4, -0.2) is 43.1 Å². The van der Waals surface area contributed by atoms with Gasteiger partial charge in [-0.25, -0.2) is 12.7 Å². The molecule has 0 unspecified atom stereocenters. The maximum Gasteiger partial charge on any atom is 0.246 e. The highest BCUT2D eigenvalue weighted by molar-refractivity contribution is 7.89. The first-order valence-electron chi connectivity index (χ1n) is 4.66. The number of hydrogen-bond donors (Lipinski definition) is 2. The van der Waals surface area contributed by atoms with Gasteiger partial charge in [0.15, 0.2) is 0 Å². The van der Waals surface area contributed by atoms with Crippen molar-refractivity contribution in [3.05, 3.63) is 11.9 Å². The molecule has 0 amide bonds. The van der Waals surface area contributed by atoms with E-state index in [9.17, 15) is 8.42 Å². The van der Waals surface area contributed by atoms with E-state index in [4.69, 9.17) is 5.73 Å². The SMILES string of the molecule is Cc1[nH]ncc1S(=O)(=O)N(C)CCCN. The topological polar surface area (TPSA) is 92.1 Å². The number of nitrogens with one attached hydrogen (secondary N) is 1. The van der Waals surface area contributed by atoms with Crippen molar-refractivity contribution < 1.29 is 8.42 Å². The summed E-state index contributed by atoms with van der Waals surface area (Å²) in [5.41, 5.74) is 5.88. The van der Waals surface area contributed by atoms with Gasteiger partial charge in [0.25, 0.3) is 0 Å². The van der Waals surface area contributed by atoms with Crippen LogP contribution in [0.4, 0.5) is 0 Å². The number of rotatable bonds is 5. The molecule has 1 rings (SSSR count). The van der Waals surface area contributed by atoms with Gasteiger partial charge in [-0.1, -0.05) is 0 Å². The standard InChI is InChI=1S/C8H16N4O2S/c1-7-8(6-10-11-7)15(13,14)12(2)5-3-4-9/h6H,3-5,9H2,1-2H3,(H,10,11). The maximum absolute atomic E-state index is 11.9. The summed E-state index contributed by atoms with van der Waals surface area (Å²) >= 11 is 0. The molecular weight excluding hydrogens is 216 g/mol. The molecule has 0 bridgehead atoms. The van der Waals surface area contributed by atoms with Gasteiger partial charge in [-0.15, -0.1) is 0 Å². The number of H-pyrrole nitrogens is 1. The molecule has 3 N–H and O–H groups in total. The van der Waals surface area contributed by atoms with Crippen molar-refractivity contribution in [2.24, 2.45) is 5.73 Å². The van der Waals surface area contributed by atoms with Gasteiger partial charge in [-0.3, -0.25) is 5.10 Å². The van der Waals surface area contributed by atoms with Crippen molar-refractivity contribution in [3.8, 4) is 0 Å². The van der Waals surface area contributed by atoms with E-state index >= 15 is 0 Å². The molecule has 15 heavy (non-hydrogen) atoms. The van der Waals surface area contributed by atoms with Crippen LogP contribution in [0, 0.1) is 6.92 Å². The van der Waals surface area contributed by atoms with Gasteiger partial charge in [0.05, 0.1) is 11.9 Å². The lowest BCUT2D eigenvalue weighted by atomic mass is 10.4. The van der Waals surface area contributed by atoms with E-state index in [1.54, 1.807) is 6.92 Å². The second-order valence-corrected chi connectivity index (χ2v) is 5.34. The second-order valence-electron chi connectivity index (χ2n) is 3.33. The summed E-state index contributed by atoms with van der Waals surface area (Å²) < 4.78 is 25.2. The molecular formula is C8H16N4O2S. The van der Waals surface area contributed by atoms with Gasteiger partial charge >= 0.3 is 0 Å². The van der Waals surface area contributed by atoms with Gasteiger partial charge in [-0.05, 0) is 19.9 Å². The predicted molar refractivity (Wildman–Crippen MR) is 56.8 cm³/mol. The second kappa shape index (κ2) is 4.73. The molecule has 0 fully saturated rings. The summed E-state index contributed by atoms with van der Waals surface area (Å²) in [6, 6.07) is 0. The lowest BCUT2D eigenvalue weighted by molar-refractivity contribution is 0.463. The Balaban J connectivity index is 2.88. The Morgan fingerprint density at radius 1 is 1.60 bits per heavy atom. The van der Waals surface area contributed by atoms with Gasteiger partial charge in [0.2, 0.25) is 10.0 Å². The van der Waals surface area contributed by atoms with Gasteiger partial charge < -0.3 is 5.73 Å². The molecule has 0 aliphatic heterocycles. The third-order valence-electron chi connectivity index (χ3n) is 2.15. The minimum atomic E-state index is -3.41. The first-order chi connectivity index (χ1) is 7.00. The van der Waals surface area contributed by atoms with Crippen LogP contribution in [0.15, 0.2) is 11.1 Å². The van der Waals surface area contributed by atoms with Crippen molar-refractivity contribution >= 4 is 10.0 Å². The summed E-state index contributed by atoms with van der Waals surface area (Å²) in [5, 5.41) is 6.30. The minimum absolute atomic E-state index is 0.224. The summed E-state index contributed by atoms with van der Waals surface area (Å²) in [5.74, 6) is 0. The van der Waals surface area contributed by atoms with Crippen LogP contribution < -0.4 is 5.73 Å². The van der Waals surface area contributed by atoms with E-state index in [1.807, 2.05) is 0 Å². The van der Waals surface area contributed by atoms with Crippen LogP contribution >= 0.6 is 0 Å². The Labute approximate surface area is 89.5 Å². The Kier molecular flexibility index (Phi) is 3.83. The fraction of sp³-hybridized carbons (Fsp3) is 0.625. The lowest BCUT2D eigenvalue weighted by Gasteiger charge is -2.15. The third kappa shape index (κ3) is 2.55. The van der Waals surface area contributed by atoms with Crippen LogP contribution in [0.2, 0.25) is 0 Å². The number of aromatic nitrogens is 2. The summed E-state index contributed by atoms with van der Waals surface area (Å²) in [6.45, 7) is 2.57. The van der Waals surface area contributed by atoms with E-state index in [1.165, 1.54) is 17.5 Å². The summed E-state index contributed by atoms with van der Waals surface area (Å²) in [7, 11) is -1.88. The largest absolute Gasteiger partial charge is 0.330 e. The summed E-state index contributed by atoms with van der Waals surface area (Å²) in [6.07, 6.45) is 1.97. The minimum Gasteiger partial charge on any atom is -0.330 e. The first kappa shape index (κ1) is 12.2. The van der Waals surface area contributed by atoms with Gasteiger partial charge in [0.1, 0.15) is 4.90 Å². The quantitative estimate of drug-likeness (QED) is 0.728. The molecule has 0 saturated carbocycles. The zero-order valence-corrected chi connectivity index (χ0v) is 9.71. The van der Waals surface area contributed by atoms with Crippen LogP contribution in [0.1, 0.15) is 12.1 Å². The van der Waals surface area contributed by atoms with E-state index in [0.717, 1.165) is 0 Å². The molecule has 0 atom stereocenters. The molecule has 1 aromatic heterocycles. The first-order valence-corrected chi connectivity index (χ1v) is 6.10. The van der Waals surface area contributed by atoms with Crippen molar-refractivity contribution in [3.63, 3.8) is 0 Å². The van der Waals surface area contributed by atoms with Crippen molar-refractivity contribution in [1.29, 1.82) is 0 Å². The molecule has 0 saturated heterocycles. The van der Waals surface area contributed by atoms with Crippen LogP contribution in [0.25, 0.3) is 0 Å². The van der Waals surface area contributed by atoms with Crippen LogP contribution in [0.3, 0.4) is 0 Å². The number of aryl methyl sites for hydroxylation is 1. The highest BCUT2D eigenvalue weighted by Crippen LogP contribution is 2.15. The number of aromatic amines is 1. The maximum atomic E-state index is 11.9. The zero-order valence-electron chi connectivity index (χ0n) is 8.90. The van der Waals surface area contributed by atoms with Crippen LogP contribution in [0.5, 0.6) is 0 Å². The molecule has 6 nitrogen and oxygen atoms in total. The molecule has 86 valence electrons. The highest BCUT2D eigenvalue weighted by atomic mass is 32.2. The normalized spacial score (nSPS) is 12.3. The smallest absolute Gasteiger partial charge is 0.246 e. The van der Waals surface area contributed by atoms with E-state index in [2.05, 4.69) is 10.2 Å². The molecule has 0 spiro atoms. The van der Waals surface area contributed by atoms with Crippen molar-refractivity contribution in [2.45, 2.75) is 18.2 Å². The van der Waals surface area contributed by atoms with Gasteiger partial charge in [-0.2, -0.15) is 5.10 Å². The summed E-state index contributed by atoms with van der Waals surface area (Å²) in [4.78, 5) is 0.224. The average molecular weight is 232 g/mol. The lowest BCUT2D eigenvalue weighted by Crippen LogP contribution is -2.29. The van der Waals surface area contributed by atoms with Crippen molar-refractivity contribution in [2.75, 3.05) is 20.1 Å². The fourth-order valence-corrected chi connectivity index (χ4v) is 2.53. The molecule has 0 radical (unpaired) electrons. The molecule has 0 aliphatic carbocycles. The molecule has 7 heteroatoms. The number of sulfonamides is 1. The average Bonchev–Trinajstić information content (AvgIpc) is 2.61. The van der Waals surface area contributed by atoms with E-state index in [-0.39, 0.29) is 4.90 Å². The van der Waals surface area contributed by atoms with Gasteiger partial charge in [0, 0.05) is 13.6 Å². The Morgan fingerprint density at radius 2 is 2.27 bits per heavy atom. The van der Waals surface area contributed by atoms with Crippen LogP contribution in [-0.2, 0) is 10.0 Å². The molecule has 0 aliphatic rings. The number of nitrogens with zero attached hydrogens (tertiary/aromatic N) is 2. The Morgan fingerprint density at radius 3 is 2.73 bits per heavy atom. The molecule has 1 heterocycles. The fourth-order valence-electron chi connectivity index (χ4n) is 1.20. The molecule has 0 aromatic carbocycles. The zero-order chi connectivity index (χ0) is 11.5. The highest BCUT2D eigenvalue weighted by Gasteiger charge is 2.23. The predicted octanol–water partition coefficient (Wildman–Crippen LogP) is -0.313. The molecule has 1 aromatic rings. The van der Waals surface area contributed by atoms with E-state index in [0.29, 0.717) is 25.2 Å². The van der Waals surface area contributed by atoms with Crippen molar-refractivity contribution in [1.82, 2.24) is 14.5 Å². The number of nitrogens with two attached hydrogens (primary N) is 1. The number of hydrogen-bond acceptors (Lipinski definition) is 4. The van der Waals surface area contributed by atoms with E-state index < -0.39 is 10.0 Å². The monoisotopic (exact) mass is 232 g/mol. The Bertz CT molecular complexity index is 412.